The molecular weight excluding hydrogens is 251 g/mol. The van der Waals surface area contributed by atoms with Crippen molar-refractivity contribution in [2.24, 2.45) is 0 Å². The molecule has 2 N–H and O–H groups in total. The highest BCUT2D eigenvalue weighted by molar-refractivity contribution is 5.87. The van der Waals surface area contributed by atoms with E-state index in [0.29, 0.717) is 23.6 Å². The molecule has 0 amide bonds. The third kappa shape index (κ3) is 3.38. The normalized spacial score (nSPS) is 10.6. The van der Waals surface area contributed by atoms with Gasteiger partial charge in [0.1, 0.15) is 11.6 Å². The molecule has 0 saturated heterocycles. The molecule has 1 aromatic carbocycles. The highest BCUT2D eigenvalue weighted by Crippen LogP contribution is 2.11. The SMILES string of the molecule is Cc1cc(CNCc2cc(C(=O)O)ccc2F)no1. The first-order valence-corrected chi connectivity index (χ1v) is 5.71. The van der Waals surface area contributed by atoms with Gasteiger partial charge in [-0.05, 0) is 25.1 Å². The van der Waals surface area contributed by atoms with Gasteiger partial charge in [-0.2, -0.15) is 0 Å². The molecule has 1 aromatic heterocycles. The number of carboxylic acids is 1. The fourth-order valence-electron chi connectivity index (χ4n) is 1.67. The van der Waals surface area contributed by atoms with Crippen molar-refractivity contribution in [3.05, 3.63) is 52.7 Å². The first kappa shape index (κ1) is 13.2. The van der Waals surface area contributed by atoms with Gasteiger partial charge in [0.25, 0.3) is 0 Å². The Hall–Kier alpha value is -2.21. The van der Waals surface area contributed by atoms with Crippen LogP contribution in [-0.4, -0.2) is 16.2 Å². The van der Waals surface area contributed by atoms with E-state index in [2.05, 4.69) is 10.5 Å². The number of carboxylic acid groups (broad SMARTS) is 1. The zero-order chi connectivity index (χ0) is 13.8. The molecule has 1 heterocycles. The van der Waals surface area contributed by atoms with Crippen molar-refractivity contribution in [1.82, 2.24) is 10.5 Å². The predicted molar refractivity (Wildman–Crippen MR) is 65.1 cm³/mol. The van der Waals surface area contributed by atoms with Gasteiger partial charge in [-0.15, -0.1) is 0 Å². The number of benzene rings is 1. The van der Waals surface area contributed by atoms with Crippen molar-refractivity contribution in [1.29, 1.82) is 0 Å². The lowest BCUT2D eigenvalue weighted by Crippen LogP contribution is -2.14. The monoisotopic (exact) mass is 264 g/mol. The van der Waals surface area contributed by atoms with E-state index in [1.165, 1.54) is 12.1 Å². The largest absolute Gasteiger partial charge is 0.478 e. The summed E-state index contributed by atoms with van der Waals surface area (Å²) in [6, 6.07) is 5.48. The lowest BCUT2D eigenvalue weighted by Gasteiger charge is -2.05. The van der Waals surface area contributed by atoms with Crippen molar-refractivity contribution >= 4 is 5.97 Å². The minimum absolute atomic E-state index is 0.0653. The molecule has 19 heavy (non-hydrogen) atoms. The van der Waals surface area contributed by atoms with Crippen LogP contribution in [0.25, 0.3) is 0 Å². The van der Waals surface area contributed by atoms with Gasteiger partial charge in [-0.1, -0.05) is 5.16 Å². The molecule has 2 rings (SSSR count). The number of rotatable bonds is 5. The van der Waals surface area contributed by atoms with Gasteiger partial charge in [-0.25, -0.2) is 9.18 Å². The van der Waals surface area contributed by atoms with Crippen molar-refractivity contribution in [3.8, 4) is 0 Å². The zero-order valence-corrected chi connectivity index (χ0v) is 10.3. The molecule has 2 aromatic rings. The number of carbonyl (C=O) groups is 1. The van der Waals surface area contributed by atoms with Crippen molar-refractivity contribution in [2.45, 2.75) is 20.0 Å². The fourth-order valence-corrected chi connectivity index (χ4v) is 1.67. The second-order valence-electron chi connectivity index (χ2n) is 4.14. The maximum Gasteiger partial charge on any atom is 0.335 e. The van der Waals surface area contributed by atoms with E-state index in [4.69, 9.17) is 9.63 Å². The lowest BCUT2D eigenvalue weighted by molar-refractivity contribution is 0.0696. The van der Waals surface area contributed by atoms with E-state index >= 15 is 0 Å². The third-order valence-electron chi connectivity index (χ3n) is 2.59. The number of hydrogen-bond acceptors (Lipinski definition) is 4. The maximum absolute atomic E-state index is 13.5. The number of aromatic carboxylic acids is 1. The summed E-state index contributed by atoms with van der Waals surface area (Å²) in [5.41, 5.74) is 1.09. The molecule has 6 heteroatoms. The van der Waals surface area contributed by atoms with Crippen LogP contribution < -0.4 is 5.32 Å². The number of nitrogens with zero attached hydrogens (tertiary/aromatic N) is 1. The summed E-state index contributed by atoms with van der Waals surface area (Å²) < 4.78 is 18.4. The van der Waals surface area contributed by atoms with E-state index < -0.39 is 11.8 Å². The molecule has 0 fully saturated rings. The second-order valence-corrected chi connectivity index (χ2v) is 4.14. The quantitative estimate of drug-likeness (QED) is 0.865. The van der Waals surface area contributed by atoms with E-state index in [1.54, 1.807) is 13.0 Å². The highest BCUT2D eigenvalue weighted by atomic mass is 19.1. The Morgan fingerprint density at radius 2 is 2.21 bits per heavy atom. The van der Waals surface area contributed by atoms with Crippen LogP contribution in [0, 0.1) is 12.7 Å². The minimum Gasteiger partial charge on any atom is -0.478 e. The molecule has 0 bridgehead atoms. The molecule has 0 saturated carbocycles. The van der Waals surface area contributed by atoms with E-state index in [1.807, 2.05) is 0 Å². The van der Waals surface area contributed by atoms with Crippen molar-refractivity contribution < 1.29 is 18.8 Å². The molecule has 0 radical (unpaired) electrons. The molecule has 0 unspecified atom stereocenters. The summed E-state index contributed by atoms with van der Waals surface area (Å²) in [6.45, 7) is 2.43. The number of aryl methyl sites for hydroxylation is 1. The zero-order valence-electron chi connectivity index (χ0n) is 10.3. The van der Waals surface area contributed by atoms with Gasteiger partial charge in [-0.3, -0.25) is 0 Å². The molecule has 0 aliphatic carbocycles. The van der Waals surface area contributed by atoms with Gasteiger partial charge < -0.3 is 14.9 Å². The molecule has 5 nitrogen and oxygen atoms in total. The summed E-state index contributed by atoms with van der Waals surface area (Å²) in [5.74, 6) is -0.807. The Morgan fingerprint density at radius 3 is 2.84 bits per heavy atom. The van der Waals surface area contributed by atoms with Crippen LogP contribution in [-0.2, 0) is 13.1 Å². The average Bonchev–Trinajstić information content (AvgIpc) is 2.77. The number of aromatic nitrogens is 1. The average molecular weight is 264 g/mol. The van der Waals surface area contributed by atoms with Gasteiger partial charge in [0.2, 0.25) is 0 Å². The van der Waals surface area contributed by atoms with Crippen LogP contribution >= 0.6 is 0 Å². The second kappa shape index (κ2) is 5.62. The molecular formula is C13H13FN2O3. The van der Waals surface area contributed by atoms with Crippen molar-refractivity contribution in [2.75, 3.05) is 0 Å². The summed E-state index contributed by atoms with van der Waals surface area (Å²) in [5, 5.41) is 15.6. The van der Waals surface area contributed by atoms with Crippen LogP contribution in [0.5, 0.6) is 0 Å². The third-order valence-corrected chi connectivity index (χ3v) is 2.59. The Labute approximate surface area is 109 Å². The molecule has 0 aliphatic rings. The van der Waals surface area contributed by atoms with Crippen molar-refractivity contribution in [3.63, 3.8) is 0 Å². The topological polar surface area (TPSA) is 75.4 Å². The van der Waals surface area contributed by atoms with E-state index in [0.717, 1.165) is 6.07 Å². The first-order chi connectivity index (χ1) is 9.06. The Bertz CT molecular complexity index is 595. The fraction of sp³-hybridized carbons (Fsp3) is 0.231. The van der Waals surface area contributed by atoms with Crippen LogP contribution in [0.1, 0.15) is 27.4 Å². The number of nitrogens with one attached hydrogen (secondary N) is 1. The van der Waals surface area contributed by atoms with Gasteiger partial charge in [0.15, 0.2) is 0 Å². The van der Waals surface area contributed by atoms with Crippen LogP contribution in [0.15, 0.2) is 28.8 Å². The van der Waals surface area contributed by atoms with E-state index in [-0.39, 0.29) is 12.1 Å². The van der Waals surface area contributed by atoms with Crippen LogP contribution in [0.3, 0.4) is 0 Å². The predicted octanol–water partition coefficient (Wildman–Crippen LogP) is 2.11. The Morgan fingerprint density at radius 1 is 1.42 bits per heavy atom. The molecule has 0 spiro atoms. The van der Waals surface area contributed by atoms with Gasteiger partial charge in [0.05, 0.1) is 11.3 Å². The van der Waals surface area contributed by atoms with E-state index in [9.17, 15) is 9.18 Å². The Kier molecular flexibility index (Phi) is 3.91. The standard InChI is InChI=1S/C13H13FN2O3/c1-8-4-11(16-19-8)7-15-6-10-5-9(13(17)18)2-3-12(10)14/h2-5,15H,6-7H2,1H3,(H,17,18). The van der Waals surface area contributed by atoms with Crippen LogP contribution in [0.2, 0.25) is 0 Å². The first-order valence-electron chi connectivity index (χ1n) is 5.71. The summed E-state index contributed by atoms with van der Waals surface area (Å²) >= 11 is 0. The molecule has 0 atom stereocenters. The number of halogens is 1. The molecule has 0 aliphatic heterocycles. The number of hydrogen-bond donors (Lipinski definition) is 2. The van der Waals surface area contributed by atoms with Gasteiger partial charge in [0, 0.05) is 24.7 Å². The summed E-state index contributed by atoms with van der Waals surface area (Å²) in [7, 11) is 0. The molecule has 100 valence electrons. The lowest BCUT2D eigenvalue weighted by atomic mass is 10.1. The minimum atomic E-state index is -1.08. The van der Waals surface area contributed by atoms with Crippen LogP contribution in [0.4, 0.5) is 4.39 Å². The summed E-state index contributed by atoms with van der Waals surface area (Å²) in [6.07, 6.45) is 0. The summed E-state index contributed by atoms with van der Waals surface area (Å²) in [4.78, 5) is 10.8. The maximum atomic E-state index is 13.5. The van der Waals surface area contributed by atoms with Gasteiger partial charge >= 0.3 is 5.97 Å². The highest BCUT2D eigenvalue weighted by Gasteiger charge is 2.08. The smallest absolute Gasteiger partial charge is 0.335 e. The Balaban J connectivity index is 1.99.